The van der Waals surface area contributed by atoms with Gasteiger partial charge in [0.15, 0.2) is 6.29 Å². The first-order valence-corrected chi connectivity index (χ1v) is 27.9. The summed E-state index contributed by atoms with van der Waals surface area (Å²) < 4.78 is 40.2. The average Bonchev–Trinajstić information content (AvgIpc) is 3.34. The van der Waals surface area contributed by atoms with Crippen LogP contribution in [0.5, 0.6) is 0 Å². The van der Waals surface area contributed by atoms with Gasteiger partial charge in [0.1, 0.15) is 25.9 Å². The topological polar surface area (TPSA) is 136 Å². The Kier molecular flexibility index (Phi) is 49.3. The van der Waals surface area contributed by atoms with Gasteiger partial charge in [-0.2, -0.15) is 0 Å². The Hall–Kier alpha value is -3.48. The van der Waals surface area contributed by atoms with Gasteiger partial charge in [-0.3, -0.25) is 14.4 Å². The Morgan fingerprint density at radius 3 is 1.47 bits per heavy atom. The van der Waals surface area contributed by atoms with Crippen LogP contribution < -0.4 is 0 Å². The zero-order valence-corrected chi connectivity index (χ0v) is 45.5. The summed E-state index contributed by atoms with van der Waals surface area (Å²) >= 11 is 0. The lowest BCUT2D eigenvalue weighted by Crippen LogP contribution is -2.27. The molecule has 0 aromatic heterocycles. The molecule has 406 valence electrons. The van der Waals surface area contributed by atoms with Crippen LogP contribution in [0.15, 0.2) is 48.6 Å². The predicted molar refractivity (Wildman–Crippen MR) is 285 cm³/mol. The van der Waals surface area contributed by atoms with Crippen molar-refractivity contribution < 1.29 is 52.3 Å². The second kappa shape index (κ2) is 51.9. The van der Waals surface area contributed by atoms with Crippen LogP contribution in [0.3, 0.4) is 0 Å². The van der Waals surface area contributed by atoms with Crippen molar-refractivity contribution in [3.05, 3.63) is 48.6 Å². The first-order valence-electron chi connectivity index (χ1n) is 27.9. The third-order valence-corrected chi connectivity index (χ3v) is 11.6. The molecule has 12 heteroatoms. The minimum atomic E-state index is -0.730. The minimum absolute atomic E-state index is 0.0255. The van der Waals surface area contributed by atoms with E-state index in [4.69, 9.17) is 33.2 Å². The van der Waals surface area contributed by atoms with Crippen LogP contribution in [0.25, 0.3) is 0 Å². The number of carbonyl (C=O) groups is 4. The van der Waals surface area contributed by atoms with E-state index in [2.05, 4.69) is 76.3 Å². The molecule has 2 atom stereocenters. The van der Waals surface area contributed by atoms with Crippen LogP contribution >= 0.6 is 0 Å². The standard InChI is InChI=1S/C58H103NO11/c1-7-11-15-19-22-23-24-25-26-27-28-29-30-31-35-40-54(60)67-49-52(50-68-55(61)42-41-53(39-34-18-14-10-4)70-58(63)66-48-38-45-59(5)6)51-69-56(62)43-44-57(64-46-36-32-20-16-12-8-2)65-47-37-33-21-17-13-9-3/h12-13,16-17,22-23,25-26,52-53,57H,7-11,14-15,18-21,24,27-51H2,1-6H3/b16-12-,17-13-,23-22-,26-25?. The zero-order chi connectivity index (χ0) is 51.4. The molecule has 0 aromatic carbocycles. The van der Waals surface area contributed by atoms with Crippen molar-refractivity contribution in [3.8, 4) is 0 Å². The van der Waals surface area contributed by atoms with Crippen molar-refractivity contribution in [3.63, 3.8) is 0 Å². The molecule has 0 aliphatic heterocycles. The number of hydrogen-bond acceptors (Lipinski definition) is 12. The van der Waals surface area contributed by atoms with Gasteiger partial charge in [-0.1, -0.05) is 128 Å². The van der Waals surface area contributed by atoms with E-state index in [1.807, 2.05) is 19.0 Å². The number of carbonyl (C=O) groups excluding carboxylic acids is 4. The molecule has 0 fully saturated rings. The van der Waals surface area contributed by atoms with Gasteiger partial charge < -0.3 is 38.1 Å². The smallest absolute Gasteiger partial charge is 0.465 e. The van der Waals surface area contributed by atoms with Crippen LogP contribution in [0.4, 0.5) is 4.79 Å². The van der Waals surface area contributed by atoms with Crippen molar-refractivity contribution in [1.29, 1.82) is 0 Å². The number of ether oxygens (including phenoxy) is 7. The van der Waals surface area contributed by atoms with Gasteiger partial charge in [-0.05, 0) is 130 Å². The maximum absolute atomic E-state index is 13.1. The van der Waals surface area contributed by atoms with Crippen molar-refractivity contribution >= 4 is 24.1 Å². The van der Waals surface area contributed by atoms with E-state index in [-0.39, 0.29) is 51.7 Å². The normalized spacial score (nSPS) is 12.8. The molecule has 0 spiro atoms. The Bertz CT molecular complexity index is 1320. The highest BCUT2D eigenvalue weighted by atomic mass is 16.7. The number of nitrogens with zero attached hydrogens (tertiary/aromatic N) is 1. The molecule has 0 rings (SSSR count). The largest absolute Gasteiger partial charge is 0.508 e. The highest BCUT2D eigenvalue weighted by Crippen LogP contribution is 2.17. The van der Waals surface area contributed by atoms with E-state index in [0.29, 0.717) is 38.9 Å². The van der Waals surface area contributed by atoms with E-state index >= 15 is 0 Å². The summed E-state index contributed by atoms with van der Waals surface area (Å²) in [6, 6.07) is 0. The van der Waals surface area contributed by atoms with Gasteiger partial charge >= 0.3 is 24.1 Å². The molecule has 0 aromatic rings. The van der Waals surface area contributed by atoms with Crippen LogP contribution in [-0.2, 0) is 47.5 Å². The number of rotatable bonds is 50. The average molecular weight is 990 g/mol. The van der Waals surface area contributed by atoms with E-state index in [1.165, 1.54) is 25.7 Å². The maximum atomic E-state index is 13.1. The number of esters is 3. The van der Waals surface area contributed by atoms with Gasteiger partial charge in [0.2, 0.25) is 0 Å². The summed E-state index contributed by atoms with van der Waals surface area (Å²) in [5.41, 5.74) is 0. The predicted octanol–water partition coefficient (Wildman–Crippen LogP) is 14.7. The minimum Gasteiger partial charge on any atom is -0.465 e. The van der Waals surface area contributed by atoms with Crippen molar-refractivity contribution in [2.45, 2.75) is 233 Å². The molecule has 0 saturated heterocycles. The van der Waals surface area contributed by atoms with Crippen LogP contribution in [0, 0.1) is 5.92 Å². The van der Waals surface area contributed by atoms with E-state index in [9.17, 15) is 19.2 Å². The molecule has 0 radical (unpaired) electrons. The van der Waals surface area contributed by atoms with E-state index in [0.717, 1.165) is 129 Å². The highest BCUT2D eigenvalue weighted by molar-refractivity contribution is 5.70. The molecule has 0 heterocycles. The summed E-state index contributed by atoms with van der Waals surface area (Å²) in [6.07, 6.45) is 42.3. The first-order chi connectivity index (χ1) is 34.1. The van der Waals surface area contributed by atoms with E-state index < -0.39 is 36.4 Å². The molecule has 0 saturated carbocycles. The van der Waals surface area contributed by atoms with Gasteiger partial charge in [0.25, 0.3) is 0 Å². The lowest BCUT2D eigenvalue weighted by molar-refractivity contribution is -0.162. The molecule has 70 heavy (non-hydrogen) atoms. The lowest BCUT2D eigenvalue weighted by atomic mass is 10.1. The molecule has 12 nitrogen and oxygen atoms in total. The van der Waals surface area contributed by atoms with Gasteiger partial charge in [0.05, 0.1) is 18.9 Å². The Labute approximate surface area is 427 Å². The molecular formula is C58H103NO11. The van der Waals surface area contributed by atoms with Crippen molar-refractivity contribution in [2.75, 3.05) is 60.3 Å². The van der Waals surface area contributed by atoms with Gasteiger partial charge in [0, 0.05) is 39.0 Å². The monoisotopic (exact) mass is 990 g/mol. The number of allylic oxidation sites excluding steroid dienone is 8. The highest BCUT2D eigenvalue weighted by Gasteiger charge is 2.22. The quantitative estimate of drug-likeness (QED) is 0.0189. The zero-order valence-electron chi connectivity index (χ0n) is 45.5. The third kappa shape index (κ3) is 48.2. The van der Waals surface area contributed by atoms with Crippen molar-refractivity contribution in [1.82, 2.24) is 4.90 Å². The molecular weight excluding hydrogens is 887 g/mol. The molecule has 0 aliphatic rings. The lowest BCUT2D eigenvalue weighted by Gasteiger charge is -2.20. The summed E-state index contributed by atoms with van der Waals surface area (Å²) in [6.45, 7) is 10.5. The second-order valence-electron chi connectivity index (χ2n) is 18.7. The van der Waals surface area contributed by atoms with E-state index in [1.54, 1.807) is 0 Å². The fourth-order valence-electron chi connectivity index (χ4n) is 7.30. The molecule has 0 N–H and O–H groups in total. The summed E-state index contributed by atoms with van der Waals surface area (Å²) in [5.74, 6) is -1.80. The van der Waals surface area contributed by atoms with Crippen molar-refractivity contribution in [2.24, 2.45) is 5.92 Å². The molecule has 0 bridgehead atoms. The Morgan fingerprint density at radius 1 is 0.443 bits per heavy atom. The third-order valence-electron chi connectivity index (χ3n) is 11.6. The molecule has 2 unspecified atom stereocenters. The van der Waals surface area contributed by atoms with Crippen LogP contribution in [0.1, 0.15) is 220 Å². The van der Waals surface area contributed by atoms with Gasteiger partial charge in [-0.25, -0.2) is 4.79 Å². The van der Waals surface area contributed by atoms with Crippen LogP contribution in [-0.4, -0.2) is 102 Å². The second-order valence-corrected chi connectivity index (χ2v) is 18.7. The van der Waals surface area contributed by atoms with Gasteiger partial charge in [-0.15, -0.1) is 0 Å². The SMILES string of the molecule is CC/C=C\CCCCOC(CCC(=O)OCC(COC(=O)CCCCCCCC=CC/C=C\CCCCC)COC(=O)CCC(CCCCCC)OC(=O)OCCCN(C)C)OCCCC/C=C\CC. The number of unbranched alkanes of at least 4 members (excludes halogenated alkanes) is 15. The summed E-state index contributed by atoms with van der Waals surface area (Å²) in [4.78, 5) is 53.6. The maximum Gasteiger partial charge on any atom is 0.508 e. The fraction of sp³-hybridized carbons (Fsp3) is 0.793. The number of hydrogen-bond donors (Lipinski definition) is 0. The summed E-state index contributed by atoms with van der Waals surface area (Å²) in [7, 11) is 3.92. The first kappa shape index (κ1) is 66.5. The molecule has 0 aliphatic carbocycles. The Balaban J connectivity index is 5.32. The Morgan fingerprint density at radius 2 is 0.914 bits per heavy atom. The fourth-order valence-corrected chi connectivity index (χ4v) is 7.30. The summed E-state index contributed by atoms with van der Waals surface area (Å²) in [5, 5.41) is 0. The van der Waals surface area contributed by atoms with Crippen LogP contribution in [0.2, 0.25) is 0 Å². The molecule has 0 amide bonds.